The summed E-state index contributed by atoms with van der Waals surface area (Å²) in [6, 6.07) is 11.3. The van der Waals surface area contributed by atoms with Crippen molar-refractivity contribution in [2.24, 2.45) is 0 Å². The Hall–Kier alpha value is -2.00. The molecule has 3 nitrogen and oxygen atoms in total. The lowest BCUT2D eigenvalue weighted by Gasteiger charge is -2.17. The van der Waals surface area contributed by atoms with Crippen molar-refractivity contribution in [3.63, 3.8) is 0 Å². The smallest absolute Gasteiger partial charge is 0.251 e. The topological polar surface area (TPSA) is 38.3 Å². The number of nitrogens with one attached hydrogen (secondary N) is 1. The molecular weight excluding hydrogens is 310 g/mol. The normalized spacial score (nSPS) is 11.9. The molecule has 0 saturated heterocycles. The molecule has 0 aliphatic carbocycles. The van der Waals surface area contributed by atoms with Gasteiger partial charge >= 0.3 is 0 Å². The van der Waals surface area contributed by atoms with E-state index < -0.39 is 0 Å². The molecule has 0 fully saturated rings. The summed E-state index contributed by atoms with van der Waals surface area (Å²) >= 11 is 6.15. The van der Waals surface area contributed by atoms with Crippen molar-refractivity contribution in [1.29, 1.82) is 0 Å². The van der Waals surface area contributed by atoms with E-state index >= 15 is 0 Å². The minimum absolute atomic E-state index is 0.0762. The highest BCUT2D eigenvalue weighted by Gasteiger charge is 2.14. The number of halogens is 1. The van der Waals surface area contributed by atoms with Gasteiger partial charge in [-0.1, -0.05) is 35.4 Å². The van der Waals surface area contributed by atoms with E-state index in [9.17, 15) is 4.79 Å². The molecule has 2 aromatic rings. The lowest BCUT2D eigenvalue weighted by Crippen LogP contribution is -2.27. The first-order valence-electron chi connectivity index (χ1n) is 7.72. The Balaban J connectivity index is 2.15. The van der Waals surface area contributed by atoms with Crippen molar-refractivity contribution in [3.8, 4) is 5.75 Å². The van der Waals surface area contributed by atoms with Crippen LogP contribution in [0.2, 0.25) is 5.02 Å². The number of aryl methyl sites for hydroxylation is 2. The average molecular weight is 332 g/mol. The number of ether oxygens (including phenoxy) is 1. The van der Waals surface area contributed by atoms with Crippen LogP contribution in [-0.2, 0) is 0 Å². The van der Waals surface area contributed by atoms with E-state index in [0.717, 1.165) is 11.1 Å². The third-order valence-electron chi connectivity index (χ3n) is 3.74. The number of rotatable bonds is 5. The van der Waals surface area contributed by atoms with Crippen LogP contribution in [0.4, 0.5) is 0 Å². The van der Waals surface area contributed by atoms with E-state index in [4.69, 9.17) is 16.3 Å². The van der Waals surface area contributed by atoms with Crippen LogP contribution in [0.15, 0.2) is 36.4 Å². The van der Waals surface area contributed by atoms with E-state index in [1.54, 1.807) is 18.2 Å². The lowest BCUT2D eigenvalue weighted by atomic mass is 9.99. The van der Waals surface area contributed by atoms with Gasteiger partial charge in [-0.05, 0) is 57.0 Å². The molecule has 1 amide bonds. The largest absolute Gasteiger partial charge is 0.492 e. The highest BCUT2D eigenvalue weighted by molar-refractivity contribution is 6.32. The summed E-state index contributed by atoms with van der Waals surface area (Å²) in [6.45, 7) is 8.50. The summed E-state index contributed by atoms with van der Waals surface area (Å²) < 4.78 is 5.39. The Morgan fingerprint density at radius 1 is 1.22 bits per heavy atom. The lowest BCUT2D eigenvalue weighted by molar-refractivity contribution is 0.0940. The van der Waals surface area contributed by atoms with Crippen molar-refractivity contribution in [2.45, 2.75) is 33.7 Å². The number of carbonyl (C=O) groups excluding carboxylic acids is 1. The molecule has 0 saturated carbocycles. The van der Waals surface area contributed by atoms with Gasteiger partial charge < -0.3 is 10.1 Å². The van der Waals surface area contributed by atoms with Crippen molar-refractivity contribution in [2.75, 3.05) is 6.61 Å². The molecule has 0 aliphatic heterocycles. The summed E-state index contributed by atoms with van der Waals surface area (Å²) in [6.07, 6.45) is 0. The van der Waals surface area contributed by atoms with Crippen LogP contribution in [0, 0.1) is 13.8 Å². The fourth-order valence-corrected chi connectivity index (χ4v) is 2.73. The highest BCUT2D eigenvalue weighted by Crippen LogP contribution is 2.26. The van der Waals surface area contributed by atoms with E-state index in [1.165, 1.54) is 5.56 Å². The van der Waals surface area contributed by atoms with E-state index in [1.807, 2.05) is 27.7 Å². The summed E-state index contributed by atoms with van der Waals surface area (Å²) in [5.41, 5.74) is 3.98. The summed E-state index contributed by atoms with van der Waals surface area (Å²) in [5, 5.41) is 3.46. The van der Waals surface area contributed by atoms with Gasteiger partial charge in [0.2, 0.25) is 0 Å². The highest BCUT2D eigenvalue weighted by atomic mass is 35.5. The second kappa shape index (κ2) is 7.51. The van der Waals surface area contributed by atoms with Gasteiger partial charge in [0, 0.05) is 5.56 Å². The van der Waals surface area contributed by atoms with Crippen molar-refractivity contribution < 1.29 is 9.53 Å². The van der Waals surface area contributed by atoms with Gasteiger partial charge in [-0.3, -0.25) is 4.79 Å². The van der Waals surface area contributed by atoms with Crippen LogP contribution in [0.1, 0.15) is 46.9 Å². The second-order valence-corrected chi connectivity index (χ2v) is 6.04. The molecule has 0 aromatic heterocycles. The van der Waals surface area contributed by atoms with Crippen molar-refractivity contribution in [3.05, 3.63) is 63.7 Å². The molecule has 0 radical (unpaired) electrons. The predicted molar refractivity (Wildman–Crippen MR) is 94.4 cm³/mol. The molecule has 0 spiro atoms. The van der Waals surface area contributed by atoms with Gasteiger partial charge in [-0.2, -0.15) is 0 Å². The Morgan fingerprint density at radius 3 is 2.61 bits per heavy atom. The van der Waals surface area contributed by atoms with Crippen LogP contribution in [-0.4, -0.2) is 12.5 Å². The van der Waals surface area contributed by atoms with Crippen molar-refractivity contribution in [1.82, 2.24) is 5.32 Å². The zero-order chi connectivity index (χ0) is 17.0. The SMILES string of the molecule is CCOc1ccc(C(=O)NC(C)c2cc(C)ccc2C)cc1Cl. The van der Waals surface area contributed by atoms with Crippen molar-refractivity contribution >= 4 is 17.5 Å². The standard InChI is InChI=1S/C19H22ClNO2/c1-5-23-18-9-8-15(11-17(18)20)19(22)21-14(4)16-10-12(2)6-7-13(16)3/h6-11,14H,5H2,1-4H3,(H,21,22). The Bertz CT molecular complexity index is 713. The second-order valence-electron chi connectivity index (χ2n) is 5.63. The van der Waals surface area contributed by atoms with Crippen LogP contribution < -0.4 is 10.1 Å². The molecule has 1 atom stereocenters. The molecule has 2 rings (SSSR count). The van der Waals surface area contributed by atoms with E-state index in [0.29, 0.717) is 22.9 Å². The first-order valence-corrected chi connectivity index (χ1v) is 8.10. The molecule has 1 unspecified atom stereocenters. The molecule has 23 heavy (non-hydrogen) atoms. The molecule has 2 aromatic carbocycles. The Morgan fingerprint density at radius 2 is 1.96 bits per heavy atom. The monoisotopic (exact) mass is 331 g/mol. The summed E-state index contributed by atoms with van der Waals surface area (Å²) in [5.74, 6) is 0.441. The molecule has 4 heteroatoms. The molecule has 0 aliphatic rings. The number of hydrogen-bond acceptors (Lipinski definition) is 2. The quantitative estimate of drug-likeness (QED) is 0.850. The number of hydrogen-bond donors (Lipinski definition) is 1. The Kier molecular flexibility index (Phi) is 5.67. The predicted octanol–water partition coefficient (Wildman–Crippen LogP) is 4.85. The van der Waals surface area contributed by atoms with Gasteiger partial charge in [-0.25, -0.2) is 0 Å². The maximum atomic E-state index is 12.4. The first kappa shape index (κ1) is 17.4. The number of benzene rings is 2. The maximum absolute atomic E-state index is 12.4. The zero-order valence-electron chi connectivity index (χ0n) is 13.9. The number of carbonyl (C=O) groups is 1. The number of amides is 1. The minimum atomic E-state index is -0.150. The molecular formula is C19H22ClNO2. The van der Waals surface area contributed by atoms with Gasteiger partial charge in [0.1, 0.15) is 5.75 Å². The Labute approximate surface area is 142 Å². The van der Waals surface area contributed by atoms with Gasteiger partial charge in [0.05, 0.1) is 17.7 Å². The fraction of sp³-hybridized carbons (Fsp3) is 0.316. The van der Waals surface area contributed by atoms with Gasteiger partial charge in [0.15, 0.2) is 0 Å². The summed E-state index contributed by atoms with van der Waals surface area (Å²) in [4.78, 5) is 12.4. The van der Waals surface area contributed by atoms with Crippen LogP contribution in [0.3, 0.4) is 0 Å². The third kappa shape index (κ3) is 4.26. The van der Waals surface area contributed by atoms with Crippen LogP contribution in [0.25, 0.3) is 0 Å². The molecule has 1 N–H and O–H groups in total. The summed E-state index contributed by atoms with van der Waals surface area (Å²) in [7, 11) is 0. The minimum Gasteiger partial charge on any atom is -0.492 e. The third-order valence-corrected chi connectivity index (χ3v) is 4.04. The van der Waals surface area contributed by atoms with Gasteiger partial charge in [-0.15, -0.1) is 0 Å². The average Bonchev–Trinajstić information content (AvgIpc) is 2.51. The molecule has 0 bridgehead atoms. The van der Waals surface area contributed by atoms with E-state index in [-0.39, 0.29) is 11.9 Å². The first-order chi connectivity index (χ1) is 10.9. The molecule has 122 valence electrons. The zero-order valence-corrected chi connectivity index (χ0v) is 14.7. The van der Waals surface area contributed by atoms with Crippen LogP contribution in [0.5, 0.6) is 5.75 Å². The fourth-order valence-electron chi connectivity index (χ4n) is 2.50. The van der Waals surface area contributed by atoms with E-state index in [2.05, 4.69) is 23.5 Å². The van der Waals surface area contributed by atoms with Crippen LogP contribution >= 0.6 is 11.6 Å². The van der Waals surface area contributed by atoms with Gasteiger partial charge in [0.25, 0.3) is 5.91 Å². The maximum Gasteiger partial charge on any atom is 0.251 e. The molecule has 0 heterocycles.